The lowest BCUT2D eigenvalue weighted by Crippen LogP contribution is -2.81. The third-order valence-corrected chi connectivity index (χ3v) is 29.9. The van der Waals surface area contributed by atoms with Crippen molar-refractivity contribution in [3.63, 3.8) is 0 Å². The summed E-state index contributed by atoms with van der Waals surface area (Å²) in [4.78, 5) is 25.9. The highest BCUT2D eigenvalue weighted by Crippen LogP contribution is 2.59. The highest BCUT2D eigenvalue weighted by Gasteiger charge is 2.65. The molecule has 0 aromatic carbocycles. The van der Waals surface area contributed by atoms with E-state index in [1.165, 1.54) is 251 Å². The molecule has 9 aliphatic carbocycles. The smallest absolute Gasteiger partial charge is 0.0765 e. The second kappa shape index (κ2) is 24.3. The largest absolute Gasteiger partial charge is 0.300 e. The average Bonchev–Trinajstić information content (AvgIpc) is 3.25. The first-order chi connectivity index (χ1) is 40.8. The second-order valence-electron chi connectivity index (χ2n) is 33.1. The Morgan fingerprint density at radius 2 is 0.566 bits per heavy atom. The minimum atomic E-state index is 0.518. The normalized spacial score (nSPS) is 53.0. The van der Waals surface area contributed by atoms with Gasteiger partial charge in [-0.3, -0.25) is 49.8 Å². The monoisotopic (exact) mass is 1150 g/mol. The molecule has 23 unspecified atom stereocenters. The maximum atomic E-state index is 4.37. The maximum absolute atomic E-state index is 4.37. The Hall–Kier alpha value is -0.480. The van der Waals surface area contributed by atoms with E-state index in [1.54, 1.807) is 0 Å². The summed E-state index contributed by atoms with van der Waals surface area (Å²) in [5.74, 6) is 4.74. The zero-order chi connectivity index (χ0) is 55.6. The third-order valence-electron chi connectivity index (χ3n) is 29.9. The molecule has 16 fully saturated rings. The number of hydrogen-bond donors (Lipinski definition) is 4. The van der Waals surface area contributed by atoms with Crippen LogP contribution in [0.3, 0.4) is 0 Å². The van der Waals surface area contributed by atoms with Crippen molar-refractivity contribution in [3.05, 3.63) is 0 Å². The van der Waals surface area contributed by atoms with Crippen LogP contribution in [0.2, 0.25) is 0 Å². The summed E-state index contributed by atoms with van der Waals surface area (Å²) < 4.78 is 0. The molecular formula is C71H124N12. The molecule has 12 heteroatoms. The van der Waals surface area contributed by atoms with Crippen LogP contribution in [0.1, 0.15) is 238 Å². The lowest BCUT2D eigenvalue weighted by Gasteiger charge is -2.71. The lowest BCUT2D eigenvalue weighted by atomic mass is 9.55. The van der Waals surface area contributed by atoms with Gasteiger partial charge in [0, 0.05) is 103 Å². The quantitative estimate of drug-likeness (QED) is 0.196. The fourth-order valence-electron chi connectivity index (χ4n) is 26.4. The van der Waals surface area contributed by atoms with Gasteiger partial charge in [-0.05, 0) is 244 Å². The summed E-state index contributed by atoms with van der Waals surface area (Å²) in [7, 11) is 13.0. The van der Waals surface area contributed by atoms with Crippen molar-refractivity contribution >= 4 is 0 Å². The molecule has 0 amide bonds. The van der Waals surface area contributed by atoms with Crippen molar-refractivity contribution in [1.82, 2.24) is 60.5 Å². The number of hydrogen-bond acceptors (Lipinski definition) is 12. The van der Waals surface area contributed by atoms with Crippen LogP contribution in [0.25, 0.3) is 0 Å². The van der Waals surface area contributed by atoms with Gasteiger partial charge in [0.25, 0.3) is 0 Å². The average molecular weight is 1150 g/mol. The molecule has 12 nitrogen and oxygen atoms in total. The standard InChI is InChI=1S/C71H124N12/c1-76-52-22-6-12-28-58(52)81(59-29-13-7-23-53(59)76)64-44-49(45-34-38-47(39-35-45)68-74-50-20-18-42-72-70(50)79(68)4)66(82-60-30-14-8-24-54(60)77(2)55-25-9-15-31-61(55)82)65(46-36-40-48(41-37-46)69-75-51-21-19-43-73-71(51)80(69)5)67(64)83-62-32-16-10-26-56(62)78(3)57-27-11-17-33-63(57)83/h45-75H,6-44H2,1-5H3. The van der Waals surface area contributed by atoms with Crippen LogP contribution in [0.4, 0.5) is 0 Å². The van der Waals surface area contributed by atoms with E-state index in [-0.39, 0.29) is 0 Å². The fourth-order valence-corrected chi connectivity index (χ4v) is 26.4. The van der Waals surface area contributed by atoms with Gasteiger partial charge in [-0.15, -0.1) is 0 Å². The van der Waals surface area contributed by atoms with Gasteiger partial charge in [0.2, 0.25) is 0 Å². The molecule has 7 saturated heterocycles. The van der Waals surface area contributed by atoms with Crippen molar-refractivity contribution in [3.8, 4) is 0 Å². The SMILES string of the molecule is CN1C2CCCCC2N(C2CC(C3CCC(C4NC5CCCNC5N4C)CC3)C(N3C4CCCCC4N(C)C4CCCCC43)C(C3CCC(C4NC5CCCNC5N4C)CC3)C2N2C3CCCCC3N(C)C3CCCCC32)C2CCCCC21. The Balaban J connectivity index is 0.864. The van der Waals surface area contributed by atoms with Gasteiger partial charge < -0.3 is 10.6 Å². The zero-order valence-corrected chi connectivity index (χ0v) is 53.7. The van der Waals surface area contributed by atoms with Crippen LogP contribution >= 0.6 is 0 Å². The van der Waals surface area contributed by atoms with Crippen LogP contribution in [-0.2, 0) is 0 Å². The van der Waals surface area contributed by atoms with E-state index >= 15 is 0 Å². The van der Waals surface area contributed by atoms with Crippen LogP contribution in [0.5, 0.6) is 0 Å². The number of likely N-dealkylation sites (N-methyl/N-ethyl adjacent to an activating group) is 5. The highest BCUT2D eigenvalue weighted by molar-refractivity contribution is 5.20. The molecule has 468 valence electrons. The number of nitrogens with one attached hydrogen (secondary N) is 4. The van der Waals surface area contributed by atoms with E-state index in [9.17, 15) is 0 Å². The molecule has 0 radical (unpaired) electrons. The van der Waals surface area contributed by atoms with Gasteiger partial charge in [0.05, 0.1) is 24.7 Å². The van der Waals surface area contributed by atoms with Gasteiger partial charge in [0.15, 0.2) is 0 Å². The summed E-state index contributed by atoms with van der Waals surface area (Å²) in [6.45, 7) is 2.38. The Kier molecular flexibility index (Phi) is 16.9. The lowest BCUT2D eigenvalue weighted by molar-refractivity contribution is -0.211. The van der Waals surface area contributed by atoms with Crippen molar-refractivity contribution < 1.29 is 0 Å². The number of piperazine rings is 3. The summed E-state index contributed by atoms with van der Waals surface area (Å²) in [6, 6.07) is 12.1. The minimum Gasteiger partial charge on any atom is -0.300 e. The van der Waals surface area contributed by atoms with Crippen molar-refractivity contribution in [2.24, 2.45) is 35.5 Å². The van der Waals surface area contributed by atoms with Crippen LogP contribution < -0.4 is 21.3 Å². The first kappa shape index (κ1) is 57.7. The van der Waals surface area contributed by atoms with Gasteiger partial charge in [-0.1, -0.05) is 77.0 Å². The van der Waals surface area contributed by atoms with E-state index < -0.39 is 0 Å². The van der Waals surface area contributed by atoms with E-state index in [0.717, 1.165) is 108 Å². The molecule has 0 aromatic rings. The maximum Gasteiger partial charge on any atom is 0.0765 e. The summed E-state index contributed by atoms with van der Waals surface area (Å²) >= 11 is 0. The van der Waals surface area contributed by atoms with E-state index in [1.807, 2.05) is 0 Å². The van der Waals surface area contributed by atoms with Crippen LogP contribution in [0.15, 0.2) is 0 Å². The van der Waals surface area contributed by atoms with E-state index in [2.05, 4.69) is 95.7 Å². The molecule has 7 aliphatic heterocycles. The minimum absolute atomic E-state index is 0.518. The molecule has 0 aromatic heterocycles. The van der Waals surface area contributed by atoms with Crippen molar-refractivity contribution in [2.45, 2.75) is 365 Å². The molecule has 4 N–H and O–H groups in total. The Morgan fingerprint density at radius 3 is 0.928 bits per heavy atom. The first-order valence-electron chi connectivity index (χ1n) is 37.7. The molecule has 0 bridgehead atoms. The molecular weight excluding hydrogens is 1020 g/mol. The molecule has 83 heavy (non-hydrogen) atoms. The van der Waals surface area contributed by atoms with Gasteiger partial charge in [-0.2, -0.15) is 0 Å². The van der Waals surface area contributed by atoms with Crippen LogP contribution in [-0.4, -0.2) is 215 Å². The van der Waals surface area contributed by atoms with E-state index in [0.29, 0.717) is 54.9 Å². The molecule has 9 saturated carbocycles. The summed E-state index contributed by atoms with van der Waals surface area (Å²) in [5, 5.41) is 16.7. The number of nitrogens with zero attached hydrogens (tertiary/aromatic N) is 8. The topological polar surface area (TPSA) is 74.0 Å². The Morgan fingerprint density at radius 1 is 0.253 bits per heavy atom. The second-order valence-corrected chi connectivity index (χ2v) is 33.1. The first-order valence-corrected chi connectivity index (χ1v) is 37.7. The zero-order valence-electron chi connectivity index (χ0n) is 53.7. The van der Waals surface area contributed by atoms with Gasteiger partial charge in [0.1, 0.15) is 0 Å². The Bertz CT molecular complexity index is 2100. The van der Waals surface area contributed by atoms with Gasteiger partial charge in [-0.25, -0.2) is 0 Å². The predicted molar refractivity (Wildman–Crippen MR) is 338 cm³/mol. The highest BCUT2D eigenvalue weighted by atomic mass is 15.5. The Labute approximate surface area is 506 Å². The third kappa shape index (κ3) is 9.96. The molecule has 23 atom stereocenters. The van der Waals surface area contributed by atoms with Crippen LogP contribution in [0, 0.1) is 35.5 Å². The predicted octanol–water partition coefficient (Wildman–Crippen LogP) is 9.83. The summed E-state index contributed by atoms with van der Waals surface area (Å²) in [5.41, 5.74) is 0. The van der Waals surface area contributed by atoms with E-state index in [4.69, 9.17) is 0 Å². The summed E-state index contributed by atoms with van der Waals surface area (Å²) in [6.07, 6.45) is 55.6. The van der Waals surface area contributed by atoms with Gasteiger partial charge >= 0.3 is 0 Å². The number of piperidine rings is 2. The number of rotatable bonds is 7. The fraction of sp³-hybridized carbons (Fsp3) is 1.00. The molecule has 7 heterocycles. The molecule has 16 aliphatic rings. The molecule has 16 rings (SSSR count). The van der Waals surface area contributed by atoms with Crippen molar-refractivity contribution in [2.75, 3.05) is 48.3 Å². The number of fused-ring (bicyclic) bond motifs is 8. The molecule has 0 spiro atoms. The van der Waals surface area contributed by atoms with Crippen molar-refractivity contribution in [1.29, 1.82) is 0 Å².